The van der Waals surface area contributed by atoms with Crippen molar-refractivity contribution in [3.63, 3.8) is 0 Å². The predicted octanol–water partition coefficient (Wildman–Crippen LogP) is 2.98. The van der Waals surface area contributed by atoms with Gasteiger partial charge in [0.1, 0.15) is 0 Å². The van der Waals surface area contributed by atoms with E-state index in [1.807, 2.05) is 6.07 Å². The van der Waals surface area contributed by atoms with Gasteiger partial charge in [-0.1, -0.05) is 23.8 Å². The summed E-state index contributed by atoms with van der Waals surface area (Å²) in [6.45, 7) is 1.88. The third-order valence-electron chi connectivity index (χ3n) is 2.48. The SMILES string of the molecule is N#Cc1ccc(N2CC=CCC2)c(Cl)c1. The van der Waals surface area contributed by atoms with Gasteiger partial charge >= 0.3 is 0 Å². The Hall–Kier alpha value is -1.46. The van der Waals surface area contributed by atoms with Gasteiger partial charge in [-0.3, -0.25) is 0 Å². The fourth-order valence-electron chi connectivity index (χ4n) is 1.69. The Balaban J connectivity index is 2.29. The first kappa shape index (κ1) is 10.1. The highest BCUT2D eigenvalue weighted by Gasteiger charge is 2.11. The van der Waals surface area contributed by atoms with Crippen LogP contribution in [0.1, 0.15) is 12.0 Å². The van der Waals surface area contributed by atoms with Crippen molar-refractivity contribution < 1.29 is 0 Å². The molecule has 15 heavy (non-hydrogen) atoms. The Morgan fingerprint density at radius 2 is 2.20 bits per heavy atom. The number of nitrogens with zero attached hydrogens (tertiary/aromatic N) is 2. The molecule has 0 saturated heterocycles. The van der Waals surface area contributed by atoms with Gasteiger partial charge in [-0.25, -0.2) is 0 Å². The third-order valence-corrected chi connectivity index (χ3v) is 2.78. The van der Waals surface area contributed by atoms with Crippen LogP contribution < -0.4 is 4.90 Å². The van der Waals surface area contributed by atoms with Crippen molar-refractivity contribution in [2.75, 3.05) is 18.0 Å². The summed E-state index contributed by atoms with van der Waals surface area (Å²) in [7, 11) is 0. The Labute approximate surface area is 94.4 Å². The highest BCUT2D eigenvalue weighted by atomic mass is 35.5. The van der Waals surface area contributed by atoms with E-state index in [-0.39, 0.29) is 0 Å². The van der Waals surface area contributed by atoms with E-state index >= 15 is 0 Å². The molecule has 2 rings (SSSR count). The molecule has 0 N–H and O–H groups in total. The molecule has 0 amide bonds. The van der Waals surface area contributed by atoms with Gasteiger partial charge in [0.15, 0.2) is 0 Å². The molecule has 0 spiro atoms. The van der Waals surface area contributed by atoms with E-state index in [1.54, 1.807) is 12.1 Å². The topological polar surface area (TPSA) is 27.0 Å². The molecule has 76 valence electrons. The van der Waals surface area contributed by atoms with Crippen molar-refractivity contribution in [1.29, 1.82) is 5.26 Å². The summed E-state index contributed by atoms with van der Waals surface area (Å²) >= 11 is 6.12. The fraction of sp³-hybridized carbons (Fsp3) is 0.250. The summed E-state index contributed by atoms with van der Waals surface area (Å²) in [6.07, 6.45) is 5.36. The minimum absolute atomic E-state index is 0.608. The highest BCUT2D eigenvalue weighted by Crippen LogP contribution is 2.27. The van der Waals surface area contributed by atoms with Crippen LogP contribution in [-0.2, 0) is 0 Å². The Morgan fingerprint density at radius 1 is 1.33 bits per heavy atom. The van der Waals surface area contributed by atoms with E-state index in [2.05, 4.69) is 23.1 Å². The van der Waals surface area contributed by atoms with E-state index in [1.165, 1.54) is 0 Å². The highest BCUT2D eigenvalue weighted by molar-refractivity contribution is 6.33. The zero-order valence-electron chi connectivity index (χ0n) is 8.28. The van der Waals surface area contributed by atoms with E-state index in [4.69, 9.17) is 16.9 Å². The molecule has 3 heteroatoms. The van der Waals surface area contributed by atoms with E-state index in [9.17, 15) is 0 Å². The first-order chi connectivity index (χ1) is 7.31. The molecule has 0 saturated carbocycles. The fourth-order valence-corrected chi connectivity index (χ4v) is 1.99. The molecule has 1 aliphatic heterocycles. The summed E-state index contributed by atoms with van der Waals surface area (Å²) in [6, 6.07) is 7.52. The van der Waals surface area contributed by atoms with Crippen LogP contribution in [0.4, 0.5) is 5.69 Å². The standard InChI is InChI=1S/C12H11ClN2/c13-11-8-10(9-14)4-5-12(11)15-6-2-1-3-7-15/h1-2,4-5,8H,3,6-7H2. The molecule has 1 aromatic rings. The first-order valence-electron chi connectivity index (χ1n) is 4.91. The van der Waals surface area contributed by atoms with Crippen LogP contribution >= 0.6 is 11.6 Å². The monoisotopic (exact) mass is 218 g/mol. The normalized spacial score (nSPS) is 15.1. The van der Waals surface area contributed by atoms with Crippen LogP contribution in [0.5, 0.6) is 0 Å². The second-order valence-corrected chi connectivity index (χ2v) is 3.89. The van der Waals surface area contributed by atoms with Gasteiger partial charge in [-0.15, -0.1) is 0 Å². The zero-order chi connectivity index (χ0) is 10.7. The number of nitriles is 1. The van der Waals surface area contributed by atoms with Crippen LogP contribution in [0.3, 0.4) is 0 Å². The van der Waals surface area contributed by atoms with Crippen LogP contribution in [0.25, 0.3) is 0 Å². The average molecular weight is 219 g/mol. The molecular formula is C12H11ClN2. The molecule has 0 unspecified atom stereocenters. The van der Waals surface area contributed by atoms with Gasteiger partial charge in [0.2, 0.25) is 0 Å². The smallest absolute Gasteiger partial charge is 0.0992 e. The molecule has 1 aromatic carbocycles. The largest absolute Gasteiger partial charge is 0.366 e. The number of rotatable bonds is 1. The molecule has 0 fully saturated rings. The van der Waals surface area contributed by atoms with Gasteiger partial charge in [0.05, 0.1) is 22.3 Å². The van der Waals surface area contributed by atoms with Crippen molar-refractivity contribution in [2.24, 2.45) is 0 Å². The molecule has 0 aliphatic carbocycles. The molecule has 1 heterocycles. The second kappa shape index (κ2) is 4.37. The van der Waals surface area contributed by atoms with Crippen molar-refractivity contribution in [3.8, 4) is 6.07 Å². The number of hydrogen-bond donors (Lipinski definition) is 0. The zero-order valence-corrected chi connectivity index (χ0v) is 9.04. The van der Waals surface area contributed by atoms with Gasteiger partial charge < -0.3 is 4.90 Å². The van der Waals surface area contributed by atoms with E-state index < -0.39 is 0 Å². The number of halogens is 1. The maximum absolute atomic E-state index is 8.73. The summed E-state index contributed by atoms with van der Waals surface area (Å²) in [5.74, 6) is 0. The van der Waals surface area contributed by atoms with Crippen LogP contribution in [0, 0.1) is 11.3 Å². The number of anilines is 1. The first-order valence-corrected chi connectivity index (χ1v) is 5.28. The lowest BCUT2D eigenvalue weighted by molar-refractivity contribution is 0.821. The summed E-state index contributed by atoms with van der Waals surface area (Å²) in [5.41, 5.74) is 1.62. The summed E-state index contributed by atoms with van der Waals surface area (Å²) in [5, 5.41) is 9.39. The van der Waals surface area contributed by atoms with E-state index in [0.717, 1.165) is 25.2 Å². The lowest BCUT2D eigenvalue weighted by atomic mass is 10.1. The van der Waals surface area contributed by atoms with Crippen LogP contribution in [0.2, 0.25) is 5.02 Å². The molecule has 0 aromatic heterocycles. The maximum atomic E-state index is 8.73. The van der Waals surface area contributed by atoms with Crippen molar-refractivity contribution in [3.05, 3.63) is 40.9 Å². The minimum Gasteiger partial charge on any atom is -0.366 e. The number of benzene rings is 1. The van der Waals surface area contributed by atoms with Crippen LogP contribution in [0.15, 0.2) is 30.4 Å². The van der Waals surface area contributed by atoms with Gasteiger partial charge in [-0.2, -0.15) is 5.26 Å². The van der Waals surface area contributed by atoms with Gasteiger partial charge in [0, 0.05) is 13.1 Å². The van der Waals surface area contributed by atoms with Crippen LogP contribution in [-0.4, -0.2) is 13.1 Å². The van der Waals surface area contributed by atoms with Gasteiger partial charge in [0.25, 0.3) is 0 Å². The van der Waals surface area contributed by atoms with Crippen molar-refractivity contribution in [1.82, 2.24) is 0 Å². The predicted molar refractivity (Wildman–Crippen MR) is 62.1 cm³/mol. The summed E-state index contributed by atoms with van der Waals surface area (Å²) < 4.78 is 0. The molecule has 1 aliphatic rings. The summed E-state index contributed by atoms with van der Waals surface area (Å²) in [4.78, 5) is 2.21. The molecule has 0 radical (unpaired) electrons. The third kappa shape index (κ3) is 2.14. The second-order valence-electron chi connectivity index (χ2n) is 3.48. The Morgan fingerprint density at radius 3 is 2.80 bits per heavy atom. The molecular weight excluding hydrogens is 208 g/mol. The van der Waals surface area contributed by atoms with E-state index in [0.29, 0.717) is 10.6 Å². The van der Waals surface area contributed by atoms with Crippen molar-refractivity contribution in [2.45, 2.75) is 6.42 Å². The quantitative estimate of drug-likeness (QED) is 0.678. The molecule has 0 bridgehead atoms. The molecule has 0 atom stereocenters. The average Bonchev–Trinajstić information content (AvgIpc) is 2.30. The Bertz CT molecular complexity index is 432. The lowest BCUT2D eigenvalue weighted by Crippen LogP contribution is -2.26. The minimum atomic E-state index is 0.608. The van der Waals surface area contributed by atoms with Crippen molar-refractivity contribution >= 4 is 17.3 Å². The van der Waals surface area contributed by atoms with Gasteiger partial charge in [-0.05, 0) is 24.6 Å². The maximum Gasteiger partial charge on any atom is 0.0992 e. The number of hydrogen-bond acceptors (Lipinski definition) is 2. The Kier molecular flexibility index (Phi) is 2.94. The molecule has 2 nitrogen and oxygen atoms in total. The lowest BCUT2D eigenvalue weighted by Gasteiger charge is -2.26.